The second-order valence-corrected chi connectivity index (χ2v) is 9.13. The van der Waals surface area contributed by atoms with Crippen molar-refractivity contribution in [3.8, 4) is 11.4 Å². The molecule has 1 N–H and O–H groups in total. The van der Waals surface area contributed by atoms with Gasteiger partial charge in [-0.3, -0.25) is 4.79 Å². The van der Waals surface area contributed by atoms with Crippen molar-refractivity contribution >= 4 is 16.8 Å². The van der Waals surface area contributed by atoms with Crippen LogP contribution in [-0.2, 0) is 4.79 Å². The zero-order valence-electron chi connectivity index (χ0n) is 20.7. The fraction of sp³-hybridized carbons (Fsp3) is 0.241. The van der Waals surface area contributed by atoms with Crippen LogP contribution in [0.15, 0.2) is 72.9 Å². The Morgan fingerprint density at radius 2 is 1.71 bits per heavy atom. The summed E-state index contributed by atoms with van der Waals surface area (Å²) in [5.74, 6) is 0.167. The second-order valence-electron chi connectivity index (χ2n) is 9.13. The Kier molecular flexibility index (Phi) is 6.74. The van der Waals surface area contributed by atoms with Gasteiger partial charge < -0.3 is 10.1 Å². The molecule has 5 nitrogen and oxygen atoms in total. The number of fused-ring (bicyclic) bond motifs is 1. The van der Waals surface area contributed by atoms with Crippen molar-refractivity contribution in [1.82, 2.24) is 15.1 Å². The molecule has 0 aliphatic rings. The van der Waals surface area contributed by atoms with E-state index in [9.17, 15) is 9.18 Å². The van der Waals surface area contributed by atoms with Gasteiger partial charge in [-0.15, -0.1) is 0 Å². The number of nitrogens with zero attached hydrogens (tertiary/aromatic N) is 2. The fourth-order valence-electron chi connectivity index (χ4n) is 4.15. The maximum Gasteiger partial charge on any atom is 0.246 e. The van der Waals surface area contributed by atoms with E-state index in [0.717, 1.165) is 33.3 Å². The molecular weight excluding hydrogens is 441 g/mol. The predicted molar refractivity (Wildman–Crippen MR) is 137 cm³/mol. The highest BCUT2D eigenvalue weighted by atomic mass is 19.1. The molecule has 180 valence electrons. The number of benzene rings is 3. The van der Waals surface area contributed by atoms with Gasteiger partial charge in [-0.05, 0) is 99.3 Å². The number of carbonyl (C=O) groups excluding carboxylic acids is 1. The van der Waals surface area contributed by atoms with Gasteiger partial charge in [0.25, 0.3) is 0 Å². The Hall–Kier alpha value is -3.93. The van der Waals surface area contributed by atoms with E-state index < -0.39 is 6.10 Å². The maximum atomic E-state index is 13.3. The number of aromatic nitrogens is 2. The Balaban J connectivity index is 1.70. The van der Waals surface area contributed by atoms with Crippen LogP contribution >= 0.6 is 0 Å². The number of halogens is 1. The second kappa shape index (κ2) is 9.74. The molecule has 0 saturated heterocycles. The zero-order chi connectivity index (χ0) is 25.3. The van der Waals surface area contributed by atoms with Crippen LogP contribution in [0.1, 0.15) is 42.2 Å². The largest absolute Gasteiger partial charge is 0.484 e. The van der Waals surface area contributed by atoms with Gasteiger partial charge >= 0.3 is 0 Å². The minimum Gasteiger partial charge on any atom is -0.484 e. The summed E-state index contributed by atoms with van der Waals surface area (Å²) in [6.45, 7) is 13.6. The van der Waals surface area contributed by atoms with Crippen molar-refractivity contribution in [2.24, 2.45) is 0 Å². The highest BCUT2D eigenvalue weighted by molar-refractivity contribution is 5.92. The van der Waals surface area contributed by atoms with Gasteiger partial charge in [0, 0.05) is 11.0 Å². The summed E-state index contributed by atoms with van der Waals surface area (Å²) in [5, 5.41) is 8.38. The quantitative estimate of drug-likeness (QED) is 0.322. The molecule has 35 heavy (non-hydrogen) atoms. The number of hydrogen-bond donors (Lipinski definition) is 1. The van der Waals surface area contributed by atoms with Crippen LogP contribution in [0.4, 0.5) is 4.39 Å². The van der Waals surface area contributed by atoms with Crippen LogP contribution in [0.5, 0.6) is 5.75 Å². The third-order valence-corrected chi connectivity index (χ3v) is 6.26. The molecule has 0 saturated carbocycles. The average Bonchev–Trinajstić information content (AvgIpc) is 3.23. The van der Waals surface area contributed by atoms with Crippen LogP contribution in [0.2, 0.25) is 0 Å². The smallest absolute Gasteiger partial charge is 0.246 e. The zero-order valence-corrected chi connectivity index (χ0v) is 20.7. The highest BCUT2D eigenvalue weighted by Crippen LogP contribution is 2.31. The van der Waals surface area contributed by atoms with Gasteiger partial charge in [0.2, 0.25) is 5.91 Å². The minimum absolute atomic E-state index is 0.205. The van der Waals surface area contributed by atoms with E-state index in [1.54, 1.807) is 29.9 Å². The van der Waals surface area contributed by atoms with E-state index in [0.29, 0.717) is 11.3 Å². The third-order valence-electron chi connectivity index (χ3n) is 6.26. The summed E-state index contributed by atoms with van der Waals surface area (Å²) in [6, 6.07) is 15.9. The molecule has 4 aromatic rings. The van der Waals surface area contributed by atoms with E-state index in [1.807, 2.05) is 25.1 Å². The topological polar surface area (TPSA) is 56.1 Å². The number of carbonyl (C=O) groups is 1. The summed E-state index contributed by atoms with van der Waals surface area (Å²) in [4.78, 5) is 12.4. The Morgan fingerprint density at radius 3 is 2.40 bits per heavy atom. The molecule has 4 rings (SSSR count). The molecule has 0 aliphatic carbocycles. The molecule has 6 heteroatoms. The molecule has 1 heterocycles. The first kappa shape index (κ1) is 24.2. The molecule has 0 bridgehead atoms. The van der Waals surface area contributed by atoms with E-state index in [1.165, 1.54) is 17.7 Å². The monoisotopic (exact) mass is 471 g/mol. The Morgan fingerprint density at radius 1 is 1.03 bits per heavy atom. The predicted octanol–water partition coefficient (Wildman–Crippen LogP) is 6.29. The number of nitrogens with one attached hydrogen (secondary N) is 1. The van der Waals surface area contributed by atoms with Crippen molar-refractivity contribution < 1.29 is 13.9 Å². The highest BCUT2D eigenvalue weighted by Gasteiger charge is 2.25. The van der Waals surface area contributed by atoms with E-state index in [4.69, 9.17) is 4.74 Å². The summed E-state index contributed by atoms with van der Waals surface area (Å²) in [5.41, 5.74) is 6.58. The van der Waals surface area contributed by atoms with Gasteiger partial charge in [0.15, 0.2) is 0 Å². The lowest BCUT2D eigenvalue weighted by Gasteiger charge is -2.28. The van der Waals surface area contributed by atoms with Gasteiger partial charge in [0.1, 0.15) is 17.7 Å². The van der Waals surface area contributed by atoms with Gasteiger partial charge in [-0.1, -0.05) is 18.7 Å². The third kappa shape index (κ3) is 5.11. The number of amides is 1. The van der Waals surface area contributed by atoms with Crippen molar-refractivity contribution in [1.29, 1.82) is 0 Å². The summed E-state index contributed by atoms with van der Waals surface area (Å²) in [7, 11) is 0. The number of hydrogen-bond acceptors (Lipinski definition) is 3. The number of rotatable bonds is 7. The molecule has 0 fully saturated rings. The molecule has 1 amide bonds. The van der Waals surface area contributed by atoms with Crippen LogP contribution in [0, 0.1) is 26.6 Å². The van der Waals surface area contributed by atoms with Gasteiger partial charge in [-0.25, -0.2) is 9.07 Å². The number of aryl methyl sites for hydroxylation is 3. The SMILES string of the molecule is C=C(C)C(=O)N[C@H](C)[C@@H](Oc1ccc2c(cnn2-c2ccc(F)cc2)c1)c1cc(C)c(C)cc1C. The van der Waals surface area contributed by atoms with Crippen LogP contribution in [0.3, 0.4) is 0 Å². The van der Waals surface area contributed by atoms with E-state index >= 15 is 0 Å². The standard InChI is InChI=1S/C29H30FN3O2/c1-17(2)29(34)32-21(6)28(26-14-19(4)18(3)13-20(26)5)35-25-11-12-27-22(15-25)16-31-33(27)24-9-7-23(30)8-10-24/h7-16,21,28H,1H2,2-6H3,(H,32,34)/t21-,28-/m1/s1. The van der Waals surface area contributed by atoms with Crippen LogP contribution in [0.25, 0.3) is 16.6 Å². The summed E-state index contributed by atoms with van der Waals surface area (Å²) in [6.07, 6.45) is 1.34. The molecular formula is C29H30FN3O2. The Bertz CT molecular complexity index is 1410. The Labute approximate surface area is 205 Å². The number of ether oxygens (including phenoxy) is 1. The molecule has 2 atom stereocenters. The van der Waals surface area contributed by atoms with E-state index in [-0.39, 0.29) is 17.8 Å². The summed E-state index contributed by atoms with van der Waals surface area (Å²) < 4.78 is 21.6. The lowest BCUT2D eigenvalue weighted by molar-refractivity contribution is -0.118. The molecule has 0 radical (unpaired) electrons. The molecule has 0 spiro atoms. The molecule has 0 unspecified atom stereocenters. The maximum absolute atomic E-state index is 13.3. The lowest BCUT2D eigenvalue weighted by atomic mass is 9.94. The van der Waals surface area contributed by atoms with Gasteiger partial charge in [-0.2, -0.15) is 5.10 Å². The van der Waals surface area contributed by atoms with Crippen molar-refractivity contribution in [2.75, 3.05) is 0 Å². The molecule has 3 aromatic carbocycles. The molecule has 0 aliphatic heterocycles. The van der Waals surface area contributed by atoms with Crippen LogP contribution in [-0.4, -0.2) is 21.7 Å². The van der Waals surface area contributed by atoms with Crippen molar-refractivity contribution in [3.63, 3.8) is 0 Å². The minimum atomic E-state index is -0.415. The average molecular weight is 472 g/mol. The van der Waals surface area contributed by atoms with Crippen molar-refractivity contribution in [2.45, 2.75) is 46.8 Å². The fourth-order valence-corrected chi connectivity index (χ4v) is 4.15. The first-order chi connectivity index (χ1) is 16.6. The molecule has 1 aromatic heterocycles. The lowest BCUT2D eigenvalue weighted by Crippen LogP contribution is -2.39. The van der Waals surface area contributed by atoms with Crippen molar-refractivity contribution in [3.05, 3.63) is 101 Å². The first-order valence-electron chi connectivity index (χ1n) is 11.6. The first-order valence-corrected chi connectivity index (χ1v) is 11.6. The van der Waals surface area contributed by atoms with Gasteiger partial charge in [0.05, 0.1) is 23.4 Å². The normalized spacial score (nSPS) is 12.9. The van der Waals surface area contributed by atoms with E-state index in [2.05, 4.69) is 49.9 Å². The van der Waals surface area contributed by atoms with Crippen LogP contribution < -0.4 is 10.1 Å². The summed E-state index contributed by atoms with van der Waals surface area (Å²) >= 11 is 0.